The van der Waals surface area contributed by atoms with Crippen LogP contribution in [-0.4, -0.2) is 19.3 Å². The lowest BCUT2D eigenvalue weighted by Crippen LogP contribution is -2.05. The van der Waals surface area contributed by atoms with Crippen molar-refractivity contribution in [1.82, 2.24) is 19.3 Å². The second kappa shape index (κ2) is 6.96. The minimum absolute atomic E-state index is 0.182. The van der Waals surface area contributed by atoms with Crippen molar-refractivity contribution in [2.75, 3.05) is 0 Å². The van der Waals surface area contributed by atoms with Crippen molar-refractivity contribution in [3.05, 3.63) is 58.1 Å². The fourth-order valence-electron chi connectivity index (χ4n) is 2.55. The van der Waals surface area contributed by atoms with Gasteiger partial charge in [0.2, 0.25) is 0 Å². The van der Waals surface area contributed by atoms with Crippen LogP contribution >= 0.6 is 23.2 Å². The van der Waals surface area contributed by atoms with E-state index in [9.17, 15) is 13.2 Å². The summed E-state index contributed by atoms with van der Waals surface area (Å²) >= 11 is 12.2. The highest BCUT2D eigenvalue weighted by Crippen LogP contribution is 2.33. The van der Waals surface area contributed by atoms with Crippen LogP contribution in [0.25, 0.3) is 11.4 Å². The molecule has 3 rings (SSSR count). The summed E-state index contributed by atoms with van der Waals surface area (Å²) in [6.07, 6.45) is -0.305. The maximum atomic E-state index is 13.0. The van der Waals surface area contributed by atoms with Crippen molar-refractivity contribution in [2.24, 2.45) is 0 Å². The Hall–Kier alpha value is -1.99. The molecular formula is C17H15Cl2F3N4. The van der Waals surface area contributed by atoms with E-state index in [1.807, 2.05) is 0 Å². The Morgan fingerprint density at radius 2 is 1.88 bits per heavy atom. The van der Waals surface area contributed by atoms with E-state index in [-0.39, 0.29) is 11.9 Å². The molecule has 0 bridgehead atoms. The molecule has 0 unspecified atom stereocenters. The van der Waals surface area contributed by atoms with E-state index in [0.29, 0.717) is 22.2 Å². The summed E-state index contributed by atoms with van der Waals surface area (Å²) in [5, 5.41) is 5.01. The molecule has 0 aliphatic rings. The molecule has 1 aromatic carbocycles. The molecule has 0 fully saturated rings. The Morgan fingerprint density at radius 3 is 2.42 bits per heavy atom. The van der Waals surface area contributed by atoms with Gasteiger partial charge in [-0.15, -0.1) is 0 Å². The zero-order valence-electron chi connectivity index (χ0n) is 13.9. The molecule has 3 aromatic rings. The van der Waals surface area contributed by atoms with Crippen molar-refractivity contribution < 1.29 is 13.2 Å². The molecule has 0 saturated heterocycles. The first kappa shape index (κ1) is 18.8. The summed E-state index contributed by atoms with van der Waals surface area (Å²) in [6, 6.07) is 4.88. The van der Waals surface area contributed by atoms with Gasteiger partial charge in [-0.3, -0.25) is 4.68 Å². The normalized spacial score (nSPS) is 12.2. The molecule has 0 radical (unpaired) electrons. The monoisotopic (exact) mass is 402 g/mol. The summed E-state index contributed by atoms with van der Waals surface area (Å²) < 4.78 is 42.2. The standard InChI is InChI=1S/C17H15Cl2F3N4/c1-10(2)26-9-15(17(20,21)22)24-16(26)11-3-4-12(14(19)5-11)7-25-8-13(18)6-23-25/h3-6,8-10H,7H2,1-2H3. The van der Waals surface area contributed by atoms with Crippen LogP contribution in [-0.2, 0) is 12.7 Å². The van der Waals surface area contributed by atoms with Crippen LogP contribution in [0.3, 0.4) is 0 Å². The molecule has 0 spiro atoms. The fraction of sp³-hybridized carbons (Fsp3) is 0.294. The van der Waals surface area contributed by atoms with Crippen molar-refractivity contribution in [2.45, 2.75) is 32.6 Å². The van der Waals surface area contributed by atoms with E-state index in [1.54, 1.807) is 42.9 Å². The van der Waals surface area contributed by atoms with E-state index in [4.69, 9.17) is 23.2 Å². The largest absolute Gasteiger partial charge is 0.434 e. The molecule has 138 valence electrons. The number of hydrogen-bond donors (Lipinski definition) is 0. The zero-order valence-corrected chi connectivity index (χ0v) is 15.4. The number of halogens is 5. The van der Waals surface area contributed by atoms with Crippen LogP contribution in [0.1, 0.15) is 31.1 Å². The van der Waals surface area contributed by atoms with Gasteiger partial charge >= 0.3 is 6.18 Å². The second-order valence-electron chi connectivity index (χ2n) is 6.11. The predicted octanol–water partition coefficient (Wildman–Crippen LogP) is 5.70. The molecule has 0 amide bonds. The number of aromatic nitrogens is 4. The van der Waals surface area contributed by atoms with E-state index in [0.717, 1.165) is 11.8 Å². The molecule has 4 nitrogen and oxygen atoms in total. The van der Waals surface area contributed by atoms with Gasteiger partial charge in [0, 0.05) is 29.0 Å². The summed E-state index contributed by atoms with van der Waals surface area (Å²) in [6.45, 7) is 3.99. The maximum absolute atomic E-state index is 13.0. The average molecular weight is 403 g/mol. The smallest absolute Gasteiger partial charge is 0.328 e. The second-order valence-corrected chi connectivity index (χ2v) is 6.95. The van der Waals surface area contributed by atoms with Gasteiger partial charge in [0.05, 0.1) is 17.8 Å². The molecule has 0 saturated carbocycles. The summed E-state index contributed by atoms with van der Waals surface area (Å²) in [5.74, 6) is 0.225. The first-order valence-electron chi connectivity index (χ1n) is 7.78. The van der Waals surface area contributed by atoms with Crippen LogP contribution in [0.5, 0.6) is 0 Å². The van der Waals surface area contributed by atoms with Gasteiger partial charge in [-0.05, 0) is 25.5 Å². The highest BCUT2D eigenvalue weighted by Gasteiger charge is 2.35. The number of nitrogens with zero attached hydrogens (tertiary/aromatic N) is 4. The van der Waals surface area contributed by atoms with Gasteiger partial charge in [0.1, 0.15) is 5.82 Å². The molecule has 9 heteroatoms. The molecule has 26 heavy (non-hydrogen) atoms. The lowest BCUT2D eigenvalue weighted by atomic mass is 10.1. The topological polar surface area (TPSA) is 35.6 Å². The highest BCUT2D eigenvalue weighted by atomic mass is 35.5. The zero-order chi connectivity index (χ0) is 19.1. The molecule has 2 aromatic heterocycles. The summed E-state index contributed by atoms with van der Waals surface area (Å²) in [5.41, 5.74) is 0.364. The van der Waals surface area contributed by atoms with Crippen LogP contribution in [0.2, 0.25) is 10.0 Å². The van der Waals surface area contributed by atoms with E-state index in [2.05, 4.69) is 10.1 Å². The van der Waals surface area contributed by atoms with Gasteiger partial charge in [0.15, 0.2) is 5.69 Å². The molecular weight excluding hydrogens is 388 g/mol. The average Bonchev–Trinajstić information content (AvgIpc) is 3.15. The van der Waals surface area contributed by atoms with E-state index in [1.165, 1.54) is 10.8 Å². The highest BCUT2D eigenvalue weighted by molar-refractivity contribution is 6.31. The SMILES string of the molecule is CC(C)n1cc(C(F)(F)F)nc1-c1ccc(Cn2cc(Cl)cn2)c(Cl)c1. The fourth-order valence-corrected chi connectivity index (χ4v) is 2.95. The third-order valence-corrected chi connectivity index (χ3v) is 4.37. The van der Waals surface area contributed by atoms with Crippen LogP contribution in [0.15, 0.2) is 36.8 Å². The van der Waals surface area contributed by atoms with Crippen molar-refractivity contribution in [1.29, 1.82) is 0 Å². The van der Waals surface area contributed by atoms with Gasteiger partial charge < -0.3 is 4.57 Å². The Bertz CT molecular complexity index is 928. The maximum Gasteiger partial charge on any atom is 0.434 e. The van der Waals surface area contributed by atoms with Gasteiger partial charge in [-0.2, -0.15) is 18.3 Å². The first-order valence-corrected chi connectivity index (χ1v) is 8.53. The van der Waals surface area contributed by atoms with E-state index < -0.39 is 11.9 Å². The van der Waals surface area contributed by atoms with Crippen molar-refractivity contribution >= 4 is 23.2 Å². The lowest BCUT2D eigenvalue weighted by molar-refractivity contribution is -0.140. The number of alkyl halides is 3. The predicted molar refractivity (Wildman–Crippen MR) is 94.4 cm³/mol. The van der Waals surface area contributed by atoms with Crippen LogP contribution in [0, 0.1) is 0 Å². The lowest BCUT2D eigenvalue weighted by Gasteiger charge is -2.12. The summed E-state index contributed by atoms with van der Waals surface area (Å²) in [7, 11) is 0. The van der Waals surface area contributed by atoms with Crippen LogP contribution in [0.4, 0.5) is 13.2 Å². The molecule has 0 aliphatic carbocycles. The van der Waals surface area contributed by atoms with E-state index >= 15 is 0 Å². The van der Waals surface area contributed by atoms with Crippen molar-refractivity contribution in [3.63, 3.8) is 0 Å². The van der Waals surface area contributed by atoms with Gasteiger partial charge in [-0.1, -0.05) is 35.3 Å². The minimum Gasteiger partial charge on any atom is -0.328 e. The number of rotatable bonds is 4. The first-order chi connectivity index (χ1) is 12.1. The molecule has 0 aliphatic heterocycles. The molecule has 0 N–H and O–H groups in total. The third-order valence-electron chi connectivity index (χ3n) is 3.82. The summed E-state index contributed by atoms with van der Waals surface area (Å²) in [4.78, 5) is 3.78. The molecule has 2 heterocycles. The van der Waals surface area contributed by atoms with Crippen molar-refractivity contribution in [3.8, 4) is 11.4 Å². The van der Waals surface area contributed by atoms with Gasteiger partial charge in [0.25, 0.3) is 0 Å². The number of imidazole rings is 1. The van der Waals surface area contributed by atoms with Gasteiger partial charge in [-0.25, -0.2) is 4.98 Å². The minimum atomic E-state index is -4.50. The quantitative estimate of drug-likeness (QED) is 0.560. The Kier molecular flexibility index (Phi) is 5.03. The Morgan fingerprint density at radius 1 is 1.15 bits per heavy atom. The number of benzene rings is 1. The Balaban J connectivity index is 1.97. The Labute approximate surface area is 158 Å². The third kappa shape index (κ3) is 3.88. The van der Waals surface area contributed by atoms with Crippen LogP contribution < -0.4 is 0 Å². The molecule has 0 atom stereocenters. The number of hydrogen-bond acceptors (Lipinski definition) is 2.